The minimum Gasteiger partial charge on any atom is -0.469 e. The fourth-order valence-corrected chi connectivity index (χ4v) is 2.33. The Bertz CT molecular complexity index is 514. The number of hydrogen-bond acceptors (Lipinski definition) is 3. The number of rotatable bonds is 7. The topological polar surface area (TPSA) is 43.4 Å². The van der Waals surface area contributed by atoms with Gasteiger partial charge in [-0.05, 0) is 30.5 Å². The van der Waals surface area contributed by atoms with Gasteiger partial charge in [0.1, 0.15) is 6.29 Å². The highest BCUT2D eigenvalue weighted by Gasteiger charge is 2.32. The molecule has 0 aliphatic rings. The summed E-state index contributed by atoms with van der Waals surface area (Å²) in [4.78, 5) is 23.0. The van der Waals surface area contributed by atoms with Crippen molar-refractivity contribution in [3.8, 4) is 0 Å². The second-order valence-corrected chi connectivity index (χ2v) is 5.29. The molecule has 0 unspecified atom stereocenters. The first kappa shape index (κ1) is 16.7. The molecule has 0 saturated carbocycles. The van der Waals surface area contributed by atoms with Crippen LogP contribution in [0.1, 0.15) is 24.8 Å². The zero-order chi connectivity index (χ0) is 15.2. The number of carbonyl (C=O) groups excluding carboxylic acids is 2. The second-order valence-electron chi connectivity index (χ2n) is 4.47. The van der Waals surface area contributed by atoms with Crippen molar-refractivity contribution >= 4 is 35.5 Å². The van der Waals surface area contributed by atoms with E-state index < -0.39 is 5.41 Å². The Balaban J connectivity index is 3.14. The van der Waals surface area contributed by atoms with Crippen LogP contribution in [0.2, 0.25) is 10.0 Å². The van der Waals surface area contributed by atoms with Crippen molar-refractivity contribution in [2.45, 2.75) is 24.7 Å². The molecule has 0 spiro atoms. The first-order chi connectivity index (χ1) is 9.49. The lowest BCUT2D eigenvalue weighted by Gasteiger charge is -2.27. The van der Waals surface area contributed by atoms with E-state index in [1.165, 1.54) is 7.11 Å². The molecule has 0 radical (unpaired) electrons. The van der Waals surface area contributed by atoms with Crippen LogP contribution in [0, 0.1) is 0 Å². The van der Waals surface area contributed by atoms with Crippen LogP contribution in [-0.2, 0) is 19.7 Å². The Labute approximate surface area is 128 Å². The average Bonchev–Trinajstić information content (AvgIpc) is 2.46. The molecular formula is C15H16Cl2O3. The van der Waals surface area contributed by atoms with Crippen molar-refractivity contribution in [2.75, 3.05) is 7.11 Å². The van der Waals surface area contributed by atoms with Crippen LogP contribution in [0.25, 0.3) is 0 Å². The molecule has 0 amide bonds. The number of esters is 1. The lowest BCUT2D eigenvalue weighted by molar-refractivity contribution is -0.141. The van der Waals surface area contributed by atoms with Gasteiger partial charge in [0.2, 0.25) is 0 Å². The summed E-state index contributed by atoms with van der Waals surface area (Å²) in [7, 11) is 1.32. The minimum absolute atomic E-state index is 0.142. The smallest absolute Gasteiger partial charge is 0.305 e. The highest BCUT2D eigenvalue weighted by Crippen LogP contribution is 2.35. The van der Waals surface area contributed by atoms with Crippen LogP contribution in [0.5, 0.6) is 0 Å². The van der Waals surface area contributed by atoms with Crippen molar-refractivity contribution in [2.24, 2.45) is 0 Å². The molecule has 20 heavy (non-hydrogen) atoms. The third-order valence-corrected chi connectivity index (χ3v) is 3.97. The van der Waals surface area contributed by atoms with Gasteiger partial charge in [-0.1, -0.05) is 35.3 Å². The lowest BCUT2D eigenvalue weighted by Crippen LogP contribution is -2.28. The Morgan fingerprint density at radius 3 is 2.60 bits per heavy atom. The van der Waals surface area contributed by atoms with Crippen molar-refractivity contribution < 1.29 is 14.3 Å². The fraction of sp³-hybridized carbons (Fsp3) is 0.333. The van der Waals surface area contributed by atoms with Gasteiger partial charge in [-0.3, -0.25) is 4.79 Å². The highest BCUT2D eigenvalue weighted by molar-refractivity contribution is 6.42. The largest absolute Gasteiger partial charge is 0.469 e. The summed E-state index contributed by atoms with van der Waals surface area (Å²) in [6.45, 7) is 3.67. The van der Waals surface area contributed by atoms with Crippen LogP contribution in [0.3, 0.4) is 0 Å². The maximum Gasteiger partial charge on any atom is 0.305 e. The summed E-state index contributed by atoms with van der Waals surface area (Å²) in [5.74, 6) is -0.361. The van der Waals surface area contributed by atoms with Gasteiger partial charge in [-0.2, -0.15) is 0 Å². The Hall–Kier alpha value is -1.32. The fourth-order valence-electron chi connectivity index (χ4n) is 2.03. The zero-order valence-electron chi connectivity index (χ0n) is 11.2. The van der Waals surface area contributed by atoms with E-state index in [1.54, 1.807) is 24.3 Å². The molecule has 0 saturated heterocycles. The number of benzene rings is 1. The first-order valence-electron chi connectivity index (χ1n) is 6.08. The molecule has 108 valence electrons. The zero-order valence-corrected chi connectivity index (χ0v) is 12.7. The molecule has 0 heterocycles. The maximum absolute atomic E-state index is 11.6. The van der Waals surface area contributed by atoms with Crippen LogP contribution in [0.15, 0.2) is 30.9 Å². The number of hydrogen-bond donors (Lipinski definition) is 0. The van der Waals surface area contributed by atoms with Gasteiger partial charge in [0.25, 0.3) is 0 Å². The predicted molar refractivity (Wildman–Crippen MR) is 80.3 cm³/mol. The SMILES string of the molecule is C=CC[C@@](C=O)(CCC(=O)OC)c1ccc(Cl)c(Cl)c1. The van der Waals surface area contributed by atoms with E-state index in [0.717, 1.165) is 6.29 Å². The summed E-state index contributed by atoms with van der Waals surface area (Å²) < 4.78 is 4.62. The summed E-state index contributed by atoms with van der Waals surface area (Å²) in [6, 6.07) is 5.03. The molecule has 0 aliphatic carbocycles. The molecular weight excluding hydrogens is 299 g/mol. The molecule has 0 aliphatic heterocycles. The molecule has 0 fully saturated rings. The van der Waals surface area contributed by atoms with Crippen molar-refractivity contribution in [1.82, 2.24) is 0 Å². The highest BCUT2D eigenvalue weighted by atomic mass is 35.5. The molecule has 0 N–H and O–H groups in total. The summed E-state index contributed by atoms with van der Waals surface area (Å²) in [5.41, 5.74) is -0.129. The minimum atomic E-state index is -0.843. The van der Waals surface area contributed by atoms with Gasteiger partial charge < -0.3 is 9.53 Å². The molecule has 1 atom stereocenters. The van der Waals surface area contributed by atoms with Crippen molar-refractivity contribution in [3.05, 3.63) is 46.5 Å². The van der Waals surface area contributed by atoms with Gasteiger partial charge in [0.15, 0.2) is 0 Å². The standard InChI is InChI=1S/C15H16Cl2O3/c1-3-7-15(10-18,8-6-14(19)20-2)11-4-5-12(16)13(17)9-11/h3-5,9-10H,1,6-8H2,2H3/t15-/m0/s1. The van der Waals surface area contributed by atoms with Gasteiger partial charge >= 0.3 is 5.97 Å². The van der Waals surface area contributed by atoms with Gasteiger partial charge in [-0.15, -0.1) is 6.58 Å². The maximum atomic E-state index is 11.6. The number of aldehydes is 1. The van der Waals surface area contributed by atoms with Gasteiger partial charge in [-0.25, -0.2) is 0 Å². The third-order valence-electron chi connectivity index (χ3n) is 3.23. The summed E-state index contributed by atoms with van der Waals surface area (Å²) >= 11 is 11.9. The van der Waals surface area contributed by atoms with E-state index >= 15 is 0 Å². The molecule has 0 aromatic heterocycles. The van der Waals surface area contributed by atoms with E-state index in [9.17, 15) is 9.59 Å². The Morgan fingerprint density at radius 1 is 1.40 bits per heavy atom. The average molecular weight is 315 g/mol. The van der Waals surface area contributed by atoms with Gasteiger partial charge in [0.05, 0.1) is 22.6 Å². The van der Waals surface area contributed by atoms with Crippen molar-refractivity contribution in [1.29, 1.82) is 0 Å². The Kier molecular flexibility index (Phi) is 6.24. The van der Waals surface area contributed by atoms with E-state index in [-0.39, 0.29) is 12.4 Å². The first-order valence-corrected chi connectivity index (χ1v) is 6.84. The van der Waals surface area contributed by atoms with E-state index in [4.69, 9.17) is 23.2 Å². The normalized spacial score (nSPS) is 13.3. The molecule has 0 bridgehead atoms. The van der Waals surface area contributed by atoms with Crippen LogP contribution in [0.4, 0.5) is 0 Å². The van der Waals surface area contributed by atoms with E-state index in [0.29, 0.717) is 28.5 Å². The van der Waals surface area contributed by atoms with Gasteiger partial charge in [0, 0.05) is 6.42 Å². The quantitative estimate of drug-likeness (QED) is 0.434. The predicted octanol–water partition coefficient (Wildman–Crippen LogP) is 3.96. The number of ether oxygens (including phenoxy) is 1. The number of carbonyl (C=O) groups is 2. The van der Waals surface area contributed by atoms with Crippen LogP contribution in [-0.4, -0.2) is 19.4 Å². The monoisotopic (exact) mass is 314 g/mol. The third kappa shape index (κ3) is 3.84. The summed E-state index contributed by atoms with van der Waals surface area (Å²) in [5, 5.41) is 0.791. The molecule has 5 heteroatoms. The molecule has 1 rings (SSSR count). The molecule has 3 nitrogen and oxygen atoms in total. The summed E-state index contributed by atoms with van der Waals surface area (Å²) in [6.07, 6.45) is 3.35. The van der Waals surface area contributed by atoms with E-state index in [1.807, 2.05) is 0 Å². The van der Waals surface area contributed by atoms with E-state index in [2.05, 4.69) is 11.3 Å². The molecule has 1 aromatic carbocycles. The lowest BCUT2D eigenvalue weighted by atomic mass is 9.75. The molecule has 1 aromatic rings. The number of methoxy groups -OCH3 is 1. The van der Waals surface area contributed by atoms with Crippen LogP contribution >= 0.6 is 23.2 Å². The Morgan fingerprint density at radius 2 is 2.10 bits per heavy atom. The second kappa shape index (κ2) is 7.46. The number of halogens is 2. The van der Waals surface area contributed by atoms with Crippen LogP contribution < -0.4 is 0 Å². The van der Waals surface area contributed by atoms with Crippen molar-refractivity contribution in [3.63, 3.8) is 0 Å². The number of allylic oxidation sites excluding steroid dienone is 1.